The van der Waals surface area contributed by atoms with Crippen LogP contribution in [0.4, 0.5) is 13.2 Å². The van der Waals surface area contributed by atoms with Crippen LogP contribution in [-0.2, 0) is 12.6 Å². The first-order chi connectivity index (χ1) is 9.45. The van der Waals surface area contributed by atoms with Crippen molar-refractivity contribution in [2.24, 2.45) is 5.73 Å². The maximum atomic E-state index is 12.5. The summed E-state index contributed by atoms with van der Waals surface area (Å²) < 4.78 is 43.3. The zero-order valence-corrected chi connectivity index (χ0v) is 11.0. The summed E-state index contributed by atoms with van der Waals surface area (Å²) in [4.78, 5) is 3.77. The zero-order chi connectivity index (χ0) is 14.3. The molecule has 2 aromatic rings. The summed E-state index contributed by atoms with van der Waals surface area (Å²) in [6.07, 6.45) is -3.00. The van der Waals surface area contributed by atoms with Gasteiger partial charge in [0.15, 0.2) is 5.01 Å². The molecule has 2 unspecified atom stereocenters. The molecule has 2 heterocycles. The third-order valence-corrected chi connectivity index (χ3v) is 4.31. The van der Waals surface area contributed by atoms with Crippen molar-refractivity contribution in [3.8, 4) is 5.75 Å². The van der Waals surface area contributed by atoms with Crippen LogP contribution in [0, 0.1) is 0 Å². The van der Waals surface area contributed by atoms with Crippen LogP contribution in [0.15, 0.2) is 30.5 Å². The molecule has 0 amide bonds. The van der Waals surface area contributed by atoms with Crippen molar-refractivity contribution in [2.75, 3.05) is 0 Å². The Morgan fingerprint density at radius 1 is 1.35 bits per heavy atom. The van der Waals surface area contributed by atoms with Gasteiger partial charge in [-0.3, -0.25) is 0 Å². The van der Waals surface area contributed by atoms with Crippen LogP contribution in [0.2, 0.25) is 0 Å². The molecule has 0 spiro atoms. The number of aromatic nitrogens is 1. The lowest BCUT2D eigenvalue weighted by Crippen LogP contribution is -2.29. The van der Waals surface area contributed by atoms with Gasteiger partial charge in [-0.05, 0) is 11.6 Å². The van der Waals surface area contributed by atoms with Crippen LogP contribution < -0.4 is 10.5 Å². The van der Waals surface area contributed by atoms with Crippen LogP contribution >= 0.6 is 11.3 Å². The molecular weight excluding hydrogens is 289 g/mol. The fourth-order valence-electron chi connectivity index (χ4n) is 2.16. The number of thiazole rings is 1. The summed E-state index contributed by atoms with van der Waals surface area (Å²) in [7, 11) is 0. The van der Waals surface area contributed by atoms with Crippen molar-refractivity contribution < 1.29 is 17.9 Å². The van der Waals surface area contributed by atoms with Crippen molar-refractivity contribution in [3.63, 3.8) is 0 Å². The van der Waals surface area contributed by atoms with E-state index in [0.717, 1.165) is 11.3 Å². The molecule has 1 aromatic heterocycles. The SMILES string of the molecule is NC(c1cnc(C(F)(F)F)s1)C1Cc2ccccc2O1. The first-order valence-corrected chi connectivity index (χ1v) is 6.80. The number of hydrogen-bond donors (Lipinski definition) is 1. The van der Waals surface area contributed by atoms with Crippen LogP contribution in [0.3, 0.4) is 0 Å². The average molecular weight is 300 g/mol. The number of halogens is 3. The highest BCUT2D eigenvalue weighted by Crippen LogP contribution is 2.37. The summed E-state index contributed by atoms with van der Waals surface area (Å²) in [5.74, 6) is 0.744. The number of hydrogen-bond acceptors (Lipinski definition) is 4. The van der Waals surface area contributed by atoms with Gasteiger partial charge in [-0.25, -0.2) is 4.98 Å². The molecule has 2 N–H and O–H groups in total. The molecule has 7 heteroatoms. The second kappa shape index (κ2) is 4.75. The number of rotatable bonds is 2. The highest BCUT2D eigenvalue weighted by atomic mass is 32.1. The molecule has 3 nitrogen and oxygen atoms in total. The van der Waals surface area contributed by atoms with Crippen LogP contribution in [0.25, 0.3) is 0 Å². The van der Waals surface area contributed by atoms with Gasteiger partial charge in [0.2, 0.25) is 0 Å². The number of para-hydroxylation sites is 1. The van der Waals surface area contributed by atoms with Gasteiger partial charge >= 0.3 is 6.18 Å². The van der Waals surface area contributed by atoms with Crippen molar-refractivity contribution in [1.29, 1.82) is 0 Å². The fourth-order valence-corrected chi connectivity index (χ4v) is 3.00. The van der Waals surface area contributed by atoms with Crippen LogP contribution in [-0.4, -0.2) is 11.1 Å². The molecule has 1 aliphatic rings. The Morgan fingerprint density at radius 3 is 2.75 bits per heavy atom. The minimum absolute atomic E-state index is 0.353. The van der Waals surface area contributed by atoms with E-state index in [0.29, 0.717) is 22.6 Å². The van der Waals surface area contributed by atoms with Gasteiger partial charge in [0.05, 0.1) is 6.04 Å². The lowest BCUT2D eigenvalue weighted by molar-refractivity contribution is -0.137. The molecule has 0 aliphatic carbocycles. The van der Waals surface area contributed by atoms with Gasteiger partial charge in [0.1, 0.15) is 11.9 Å². The standard InChI is InChI=1S/C13H11F3N2OS/c14-13(15,16)12-18-6-10(20-12)11(17)9-5-7-3-1-2-4-8(7)19-9/h1-4,6,9,11H,5,17H2. The van der Waals surface area contributed by atoms with Crippen LogP contribution in [0.1, 0.15) is 21.5 Å². The summed E-state index contributed by atoms with van der Waals surface area (Å²) >= 11 is 0.572. The zero-order valence-electron chi connectivity index (χ0n) is 10.2. The summed E-state index contributed by atoms with van der Waals surface area (Å²) in [6, 6.07) is 6.88. The van der Waals surface area contributed by atoms with Gasteiger partial charge in [-0.2, -0.15) is 13.2 Å². The molecule has 1 aliphatic heterocycles. The maximum absolute atomic E-state index is 12.5. The van der Waals surface area contributed by atoms with Gasteiger partial charge in [0.25, 0.3) is 0 Å². The van der Waals surface area contributed by atoms with E-state index >= 15 is 0 Å². The van der Waals surface area contributed by atoms with Crippen molar-refractivity contribution in [1.82, 2.24) is 4.98 Å². The molecule has 0 saturated heterocycles. The van der Waals surface area contributed by atoms with E-state index in [1.165, 1.54) is 6.20 Å². The topological polar surface area (TPSA) is 48.1 Å². The van der Waals surface area contributed by atoms with E-state index in [4.69, 9.17) is 10.5 Å². The highest BCUT2D eigenvalue weighted by Gasteiger charge is 2.37. The molecule has 0 radical (unpaired) electrons. The van der Waals surface area contributed by atoms with Crippen LogP contribution in [0.5, 0.6) is 5.75 Å². The van der Waals surface area contributed by atoms with Gasteiger partial charge < -0.3 is 10.5 Å². The van der Waals surface area contributed by atoms with E-state index in [9.17, 15) is 13.2 Å². The fraction of sp³-hybridized carbons (Fsp3) is 0.308. The summed E-state index contributed by atoms with van der Waals surface area (Å²) in [6.45, 7) is 0. The second-order valence-corrected chi connectivity index (χ2v) is 5.62. The van der Waals surface area contributed by atoms with E-state index < -0.39 is 17.2 Å². The number of nitrogens with zero attached hydrogens (tertiary/aromatic N) is 1. The number of fused-ring (bicyclic) bond motifs is 1. The van der Waals surface area contributed by atoms with E-state index in [1.54, 1.807) is 0 Å². The molecule has 3 rings (SSSR count). The quantitative estimate of drug-likeness (QED) is 0.926. The smallest absolute Gasteiger partial charge is 0.443 e. The first-order valence-electron chi connectivity index (χ1n) is 5.98. The minimum atomic E-state index is -4.43. The Kier molecular flexibility index (Phi) is 3.18. The molecule has 0 fully saturated rings. The first kappa shape index (κ1) is 13.4. The predicted molar refractivity (Wildman–Crippen MR) is 68.6 cm³/mol. The Balaban J connectivity index is 1.78. The number of ether oxygens (including phenoxy) is 1. The minimum Gasteiger partial charge on any atom is -0.488 e. The average Bonchev–Trinajstić information content (AvgIpc) is 3.04. The second-order valence-electron chi connectivity index (χ2n) is 4.56. The molecular formula is C13H11F3N2OS. The highest BCUT2D eigenvalue weighted by molar-refractivity contribution is 7.11. The van der Waals surface area contributed by atoms with E-state index in [2.05, 4.69) is 4.98 Å². The Bertz CT molecular complexity index is 601. The Morgan fingerprint density at radius 2 is 2.10 bits per heavy atom. The van der Waals surface area contributed by atoms with Crippen molar-refractivity contribution in [3.05, 3.63) is 45.9 Å². The van der Waals surface area contributed by atoms with Crippen molar-refractivity contribution in [2.45, 2.75) is 24.7 Å². The van der Waals surface area contributed by atoms with Gasteiger partial charge in [-0.15, -0.1) is 11.3 Å². The largest absolute Gasteiger partial charge is 0.488 e. The predicted octanol–water partition coefficient (Wildman–Crippen LogP) is 3.17. The Hall–Kier alpha value is -1.60. The number of nitrogens with two attached hydrogens (primary N) is 1. The van der Waals surface area contributed by atoms with Crippen molar-refractivity contribution >= 4 is 11.3 Å². The lowest BCUT2D eigenvalue weighted by atomic mass is 10.0. The third kappa shape index (κ3) is 2.38. The number of alkyl halides is 3. The molecule has 1 aromatic carbocycles. The molecule has 0 bridgehead atoms. The normalized spacial score (nSPS) is 19.5. The molecule has 0 saturated carbocycles. The molecule has 20 heavy (non-hydrogen) atoms. The van der Waals surface area contributed by atoms with E-state index in [1.807, 2.05) is 24.3 Å². The Labute approximate surface area is 117 Å². The van der Waals surface area contributed by atoms with Gasteiger partial charge in [0, 0.05) is 17.5 Å². The summed E-state index contributed by atoms with van der Waals surface area (Å²) in [5.41, 5.74) is 7.04. The molecule has 2 atom stereocenters. The van der Waals surface area contributed by atoms with E-state index in [-0.39, 0.29) is 6.10 Å². The monoisotopic (exact) mass is 300 g/mol. The molecule has 106 valence electrons. The summed E-state index contributed by atoms with van der Waals surface area (Å²) in [5, 5.41) is -0.876. The third-order valence-electron chi connectivity index (χ3n) is 3.17. The van der Waals surface area contributed by atoms with Gasteiger partial charge in [-0.1, -0.05) is 18.2 Å². The lowest BCUT2D eigenvalue weighted by Gasteiger charge is -2.17. The maximum Gasteiger partial charge on any atom is 0.443 e. The number of benzene rings is 1.